The lowest BCUT2D eigenvalue weighted by atomic mass is 10.2. The Hall–Kier alpha value is -0.570. The van der Waals surface area contributed by atoms with E-state index in [0.717, 1.165) is 18.2 Å². The van der Waals surface area contributed by atoms with Gasteiger partial charge in [0, 0.05) is 11.6 Å². The second-order valence-electron chi connectivity index (χ2n) is 2.71. The molecule has 68 valence electrons. The third kappa shape index (κ3) is 3.72. The monoisotopic (exact) mass is 185 g/mol. The molecule has 2 nitrogen and oxygen atoms in total. The molecule has 12 heavy (non-hydrogen) atoms. The van der Waals surface area contributed by atoms with Gasteiger partial charge in [0.25, 0.3) is 5.19 Å². The molecule has 0 amide bonds. The van der Waals surface area contributed by atoms with Gasteiger partial charge in [0.05, 0.1) is 6.61 Å². The van der Waals surface area contributed by atoms with Crippen LogP contribution in [0.15, 0.2) is 11.6 Å². The number of rotatable bonds is 6. The Balaban J connectivity index is 1.96. The number of hydrogen-bond acceptors (Lipinski definition) is 3. The van der Waals surface area contributed by atoms with Crippen LogP contribution in [0.2, 0.25) is 0 Å². The summed E-state index contributed by atoms with van der Waals surface area (Å²) in [5, 5.41) is 2.73. The first kappa shape index (κ1) is 9.52. The van der Waals surface area contributed by atoms with E-state index >= 15 is 0 Å². The Morgan fingerprint density at radius 2 is 2.33 bits per heavy atom. The zero-order valence-corrected chi connectivity index (χ0v) is 8.27. The molecule has 0 saturated carbocycles. The van der Waals surface area contributed by atoms with E-state index in [-0.39, 0.29) is 0 Å². The van der Waals surface area contributed by atoms with Crippen molar-refractivity contribution in [3.05, 3.63) is 11.6 Å². The van der Waals surface area contributed by atoms with Crippen molar-refractivity contribution in [3.8, 4) is 5.19 Å². The van der Waals surface area contributed by atoms with Gasteiger partial charge in [-0.05, 0) is 6.42 Å². The molecule has 0 aliphatic rings. The van der Waals surface area contributed by atoms with Gasteiger partial charge in [-0.2, -0.15) is 0 Å². The number of aromatic nitrogens is 1. The van der Waals surface area contributed by atoms with Crippen LogP contribution >= 0.6 is 11.3 Å². The Morgan fingerprint density at radius 3 is 3.00 bits per heavy atom. The number of hydrogen-bond donors (Lipinski definition) is 0. The quantitative estimate of drug-likeness (QED) is 0.635. The van der Waals surface area contributed by atoms with Crippen molar-refractivity contribution >= 4 is 11.3 Å². The van der Waals surface area contributed by atoms with E-state index in [1.807, 2.05) is 5.38 Å². The Bertz CT molecular complexity index is 186. The fraction of sp³-hybridized carbons (Fsp3) is 0.667. The van der Waals surface area contributed by atoms with E-state index in [2.05, 4.69) is 11.9 Å². The molecular weight excluding hydrogens is 170 g/mol. The van der Waals surface area contributed by atoms with Crippen LogP contribution in [-0.4, -0.2) is 11.6 Å². The van der Waals surface area contributed by atoms with Crippen molar-refractivity contribution in [1.29, 1.82) is 0 Å². The Labute approximate surface area is 77.6 Å². The van der Waals surface area contributed by atoms with Crippen molar-refractivity contribution in [2.75, 3.05) is 6.61 Å². The largest absolute Gasteiger partial charge is 0.470 e. The molecular formula is C9H15NOS. The SMILES string of the molecule is CCCCCCOc1nccs1. The smallest absolute Gasteiger partial charge is 0.273 e. The zero-order chi connectivity index (χ0) is 8.65. The first-order chi connectivity index (χ1) is 5.93. The number of nitrogens with zero attached hydrogens (tertiary/aromatic N) is 1. The van der Waals surface area contributed by atoms with Gasteiger partial charge in [0.1, 0.15) is 0 Å². The van der Waals surface area contributed by atoms with Crippen LogP contribution < -0.4 is 4.74 Å². The van der Waals surface area contributed by atoms with E-state index in [1.54, 1.807) is 17.5 Å². The second-order valence-corrected chi connectivity index (χ2v) is 3.56. The van der Waals surface area contributed by atoms with E-state index in [1.165, 1.54) is 19.3 Å². The highest BCUT2D eigenvalue weighted by Gasteiger charge is 1.94. The summed E-state index contributed by atoms with van der Waals surface area (Å²) in [6.07, 6.45) is 6.76. The molecule has 1 aromatic heterocycles. The minimum atomic E-state index is 0.798. The summed E-state index contributed by atoms with van der Waals surface area (Å²) in [7, 11) is 0. The minimum absolute atomic E-state index is 0.798. The summed E-state index contributed by atoms with van der Waals surface area (Å²) in [5.41, 5.74) is 0. The van der Waals surface area contributed by atoms with Crippen molar-refractivity contribution in [2.45, 2.75) is 32.6 Å². The standard InChI is InChI=1S/C9H15NOS/c1-2-3-4-5-7-11-9-10-6-8-12-9/h6,8H,2-5,7H2,1H3. The zero-order valence-electron chi connectivity index (χ0n) is 7.45. The highest BCUT2D eigenvalue weighted by Crippen LogP contribution is 2.13. The van der Waals surface area contributed by atoms with E-state index in [4.69, 9.17) is 4.74 Å². The Morgan fingerprint density at radius 1 is 1.42 bits per heavy atom. The first-order valence-corrected chi connectivity index (χ1v) is 5.33. The summed E-state index contributed by atoms with van der Waals surface area (Å²) >= 11 is 1.55. The summed E-state index contributed by atoms with van der Waals surface area (Å²) in [4.78, 5) is 4.03. The maximum Gasteiger partial charge on any atom is 0.273 e. The van der Waals surface area contributed by atoms with Crippen molar-refractivity contribution < 1.29 is 4.74 Å². The number of thiazole rings is 1. The normalized spacial score (nSPS) is 10.1. The summed E-state index contributed by atoms with van der Waals surface area (Å²) in [6.45, 7) is 3.02. The Kier molecular flexibility index (Phi) is 4.76. The fourth-order valence-corrected chi connectivity index (χ4v) is 1.48. The molecule has 0 atom stereocenters. The van der Waals surface area contributed by atoms with Crippen LogP contribution in [0.4, 0.5) is 0 Å². The molecule has 0 fully saturated rings. The van der Waals surface area contributed by atoms with Crippen molar-refractivity contribution in [2.24, 2.45) is 0 Å². The third-order valence-corrected chi connectivity index (χ3v) is 2.32. The van der Waals surface area contributed by atoms with Gasteiger partial charge in [0.15, 0.2) is 0 Å². The molecule has 0 unspecified atom stereocenters. The number of ether oxygens (including phenoxy) is 1. The van der Waals surface area contributed by atoms with Crippen molar-refractivity contribution in [3.63, 3.8) is 0 Å². The van der Waals surface area contributed by atoms with Gasteiger partial charge in [-0.15, -0.1) is 0 Å². The van der Waals surface area contributed by atoms with Crippen molar-refractivity contribution in [1.82, 2.24) is 4.98 Å². The lowest BCUT2D eigenvalue weighted by Gasteiger charge is -2.00. The summed E-state index contributed by atoms with van der Waals surface area (Å²) in [6, 6.07) is 0. The lowest BCUT2D eigenvalue weighted by molar-refractivity contribution is 0.303. The predicted octanol–water partition coefficient (Wildman–Crippen LogP) is 3.10. The summed E-state index contributed by atoms with van der Waals surface area (Å²) < 4.78 is 5.40. The van der Waals surface area contributed by atoms with Gasteiger partial charge in [-0.3, -0.25) is 0 Å². The molecule has 0 spiro atoms. The molecule has 0 saturated heterocycles. The van der Waals surface area contributed by atoms with Crippen LogP contribution in [-0.2, 0) is 0 Å². The van der Waals surface area contributed by atoms with E-state index in [9.17, 15) is 0 Å². The van der Waals surface area contributed by atoms with Gasteiger partial charge in [-0.25, -0.2) is 4.98 Å². The van der Waals surface area contributed by atoms with Gasteiger partial charge < -0.3 is 4.74 Å². The van der Waals surface area contributed by atoms with Gasteiger partial charge >= 0.3 is 0 Å². The average molecular weight is 185 g/mol. The van der Waals surface area contributed by atoms with E-state index < -0.39 is 0 Å². The predicted molar refractivity (Wildman–Crippen MR) is 51.8 cm³/mol. The van der Waals surface area contributed by atoms with E-state index in [0.29, 0.717) is 0 Å². The summed E-state index contributed by atoms with van der Waals surface area (Å²) in [5.74, 6) is 0. The number of unbranched alkanes of at least 4 members (excludes halogenated alkanes) is 3. The topological polar surface area (TPSA) is 22.1 Å². The molecule has 1 heterocycles. The van der Waals surface area contributed by atoms with Crippen LogP contribution in [0, 0.1) is 0 Å². The highest BCUT2D eigenvalue weighted by molar-refractivity contribution is 7.11. The molecule has 0 aromatic carbocycles. The van der Waals surface area contributed by atoms with Gasteiger partial charge in [0.2, 0.25) is 0 Å². The molecule has 0 radical (unpaired) electrons. The first-order valence-electron chi connectivity index (χ1n) is 4.45. The fourth-order valence-electron chi connectivity index (χ4n) is 0.970. The highest BCUT2D eigenvalue weighted by atomic mass is 32.1. The molecule has 0 aliphatic carbocycles. The maximum absolute atomic E-state index is 5.40. The molecule has 1 rings (SSSR count). The molecule has 1 aromatic rings. The van der Waals surface area contributed by atoms with Crippen LogP contribution in [0.1, 0.15) is 32.6 Å². The van der Waals surface area contributed by atoms with Crippen LogP contribution in [0.5, 0.6) is 5.19 Å². The van der Waals surface area contributed by atoms with Gasteiger partial charge in [-0.1, -0.05) is 37.5 Å². The third-order valence-electron chi connectivity index (χ3n) is 1.63. The molecule has 3 heteroatoms. The maximum atomic E-state index is 5.40. The van der Waals surface area contributed by atoms with Crippen LogP contribution in [0.25, 0.3) is 0 Å². The molecule has 0 aliphatic heterocycles. The lowest BCUT2D eigenvalue weighted by Crippen LogP contribution is -1.96. The minimum Gasteiger partial charge on any atom is -0.470 e. The average Bonchev–Trinajstić information content (AvgIpc) is 2.57. The second kappa shape index (κ2) is 6.00. The molecule has 0 bridgehead atoms. The van der Waals surface area contributed by atoms with Crippen LogP contribution in [0.3, 0.4) is 0 Å². The molecule has 0 N–H and O–H groups in total.